The topological polar surface area (TPSA) is 170 Å². The maximum Gasteiger partial charge on any atom is 0.513 e. The third-order valence-corrected chi connectivity index (χ3v) is 4.69. The minimum atomic E-state index is -1.40. The number of carbonyl (C=O) groups is 4. The van der Waals surface area contributed by atoms with E-state index in [1.807, 2.05) is 6.92 Å². The van der Waals surface area contributed by atoms with Crippen molar-refractivity contribution < 1.29 is 52.7 Å². The molecule has 0 heterocycles. The lowest BCUT2D eigenvalue weighted by Gasteiger charge is -2.25. The van der Waals surface area contributed by atoms with Crippen LogP contribution in [-0.2, 0) is 23.7 Å². The molecule has 0 aliphatic carbocycles. The number of unbranched alkanes of at least 4 members (excludes halogenated alkanes) is 2. The predicted octanol–water partition coefficient (Wildman–Crippen LogP) is 3.59. The van der Waals surface area contributed by atoms with E-state index in [9.17, 15) is 24.3 Å². The molecule has 0 bridgehead atoms. The number of carboxylic acid groups (broad SMARTS) is 1. The SMILES string of the molecule is CCCCCOC(=O)OC(C)CC(c1ccc(OC(=O)OC)c(OC(=O)OC)c1)[C@H](N)C(=O)O. The molecule has 1 aromatic carbocycles. The van der Waals surface area contributed by atoms with E-state index in [4.69, 9.17) is 24.7 Å². The standard InChI is InChI=1S/C22H31NO11/c1-5-6-7-10-31-22(28)32-13(2)11-15(18(23)19(24)25)14-8-9-16(33-20(26)29-3)17(12-14)34-21(27)30-4/h8-9,12-13,15,18H,5-7,10-11,23H2,1-4H3,(H,24,25)/t13?,15?,18-/m0/s1. The van der Waals surface area contributed by atoms with Crippen LogP contribution in [0.3, 0.4) is 0 Å². The fraction of sp³-hybridized carbons (Fsp3) is 0.545. The van der Waals surface area contributed by atoms with E-state index in [1.165, 1.54) is 18.2 Å². The number of carboxylic acids is 1. The largest absolute Gasteiger partial charge is 0.513 e. The van der Waals surface area contributed by atoms with Crippen LogP contribution < -0.4 is 15.2 Å². The van der Waals surface area contributed by atoms with E-state index >= 15 is 0 Å². The highest BCUT2D eigenvalue weighted by Crippen LogP contribution is 2.35. The number of benzene rings is 1. The van der Waals surface area contributed by atoms with Gasteiger partial charge in [-0.25, -0.2) is 14.4 Å². The molecule has 34 heavy (non-hydrogen) atoms. The zero-order valence-corrected chi connectivity index (χ0v) is 19.6. The van der Waals surface area contributed by atoms with Crippen molar-refractivity contribution in [2.24, 2.45) is 5.73 Å². The van der Waals surface area contributed by atoms with Gasteiger partial charge in [-0.15, -0.1) is 0 Å². The van der Waals surface area contributed by atoms with E-state index in [0.717, 1.165) is 27.1 Å². The Morgan fingerprint density at radius 3 is 2.15 bits per heavy atom. The summed E-state index contributed by atoms with van der Waals surface area (Å²) in [5.41, 5.74) is 6.21. The van der Waals surface area contributed by atoms with E-state index < -0.39 is 42.5 Å². The van der Waals surface area contributed by atoms with Gasteiger partial charge >= 0.3 is 24.4 Å². The number of nitrogens with two attached hydrogens (primary N) is 1. The van der Waals surface area contributed by atoms with Crippen LogP contribution in [0.4, 0.5) is 14.4 Å². The first-order chi connectivity index (χ1) is 16.1. The number of ether oxygens (including phenoxy) is 6. The highest BCUT2D eigenvalue weighted by atomic mass is 16.7. The molecule has 0 aromatic heterocycles. The molecular weight excluding hydrogens is 454 g/mol. The lowest BCUT2D eigenvalue weighted by atomic mass is 9.87. The number of aliphatic carboxylic acids is 1. The van der Waals surface area contributed by atoms with Gasteiger partial charge in [-0.3, -0.25) is 4.79 Å². The van der Waals surface area contributed by atoms with Crippen molar-refractivity contribution in [2.45, 2.75) is 57.6 Å². The Bertz CT molecular complexity index is 842. The summed E-state index contributed by atoms with van der Waals surface area (Å²) in [5.74, 6) is -2.60. The lowest BCUT2D eigenvalue weighted by Crippen LogP contribution is -2.38. The minimum absolute atomic E-state index is 0.00635. The molecular formula is C22H31NO11. The molecule has 0 fully saturated rings. The molecule has 190 valence electrons. The Hall–Kier alpha value is -3.54. The number of carbonyl (C=O) groups excluding carboxylic acids is 3. The minimum Gasteiger partial charge on any atom is -0.480 e. The molecule has 3 atom stereocenters. The van der Waals surface area contributed by atoms with Gasteiger partial charge in [0, 0.05) is 5.92 Å². The molecule has 2 unspecified atom stereocenters. The quantitative estimate of drug-likeness (QED) is 0.191. The number of methoxy groups -OCH3 is 2. The molecule has 0 aliphatic heterocycles. The van der Waals surface area contributed by atoms with Crippen molar-refractivity contribution in [1.82, 2.24) is 0 Å². The van der Waals surface area contributed by atoms with Crippen LogP contribution in [0, 0.1) is 0 Å². The monoisotopic (exact) mass is 485 g/mol. The summed E-state index contributed by atoms with van der Waals surface area (Å²) in [7, 11) is 2.17. The molecule has 1 aromatic rings. The molecule has 0 saturated heterocycles. The van der Waals surface area contributed by atoms with Gasteiger partial charge in [0.15, 0.2) is 11.5 Å². The Balaban J connectivity index is 3.12. The third-order valence-electron chi connectivity index (χ3n) is 4.69. The predicted molar refractivity (Wildman–Crippen MR) is 117 cm³/mol. The maximum atomic E-state index is 11.9. The average Bonchev–Trinajstić information content (AvgIpc) is 2.80. The van der Waals surface area contributed by atoms with Crippen molar-refractivity contribution in [3.8, 4) is 11.5 Å². The summed E-state index contributed by atoms with van der Waals surface area (Å²) in [6.07, 6.45) is -1.22. The second-order valence-electron chi connectivity index (χ2n) is 7.26. The van der Waals surface area contributed by atoms with E-state index in [1.54, 1.807) is 6.92 Å². The highest BCUT2D eigenvalue weighted by molar-refractivity contribution is 5.75. The van der Waals surface area contributed by atoms with Crippen LogP contribution in [0.2, 0.25) is 0 Å². The highest BCUT2D eigenvalue weighted by Gasteiger charge is 2.30. The number of hydrogen-bond acceptors (Lipinski definition) is 11. The first kappa shape index (κ1) is 28.5. The molecule has 0 spiro atoms. The summed E-state index contributed by atoms with van der Waals surface area (Å²) in [6, 6.07) is 2.59. The smallest absolute Gasteiger partial charge is 0.480 e. The van der Waals surface area contributed by atoms with Gasteiger partial charge in [0.05, 0.1) is 20.8 Å². The molecule has 12 nitrogen and oxygen atoms in total. The van der Waals surface area contributed by atoms with Crippen molar-refractivity contribution in [1.29, 1.82) is 0 Å². The number of rotatable bonds is 12. The fourth-order valence-corrected chi connectivity index (χ4v) is 2.96. The lowest BCUT2D eigenvalue weighted by molar-refractivity contribution is -0.139. The molecule has 0 aliphatic rings. The molecule has 1 rings (SSSR count). The fourth-order valence-electron chi connectivity index (χ4n) is 2.96. The summed E-state index contributed by atoms with van der Waals surface area (Å²) < 4.78 is 29.1. The van der Waals surface area contributed by atoms with Gasteiger partial charge in [-0.2, -0.15) is 0 Å². The van der Waals surface area contributed by atoms with Gasteiger partial charge in [0.1, 0.15) is 12.1 Å². The summed E-state index contributed by atoms with van der Waals surface area (Å²) >= 11 is 0. The first-order valence-electron chi connectivity index (χ1n) is 10.6. The van der Waals surface area contributed by atoms with Crippen molar-refractivity contribution >= 4 is 24.4 Å². The molecule has 3 N–H and O–H groups in total. The zero-order valence-electron chi connectivity index (χ0n) is 19.6. The second kappa shape index (κ2) is 14.6. The summed E-state index contributed by atoms with van der Waals surface area (Å²) in [6.45, 7) is 3.80. The summed E-state index contributed by atoms with van der Waals surface area (Å²) in [5, 5.41) is 9.48. The van der Waals surface area contributed by atoms with Crippen LogP contribution in [0.5, 0.6) is 11.5 Å². The van der Waals surface area contributed by atoms with E-state index in [2.05, 4.69) is 9.47 Å². The zero-order chi connectivity index (χ0) is 25.7. The molecule has 12 heteroatoms. The molecule has 0 saturated carbocycles. The Kier molecular flexibility index (Phi) is 12.2. The molecule has 0 amide bonds. The summed E-state index contributed by atoms with van der Waals surface area (Å²) in [4.78, 5) is 46.7. The first-order valence-corrected chi connectivity index (χ1v) is 10.6. The van der Waals surface area contributed by atoms with Crippen LogP contribution >= 0.6 is 0 Å². The van der Waals surface area contributed by atoms with Gasteiger partial charge in [0.25, 0.3) is 0 Å². The Morgan fingerprint density at radius 2 is 1.59 bits per heavy atom. The molecule has 0 radical (unpaired) electrons. The average molecular weight is 485 g/mol. The van der Waals surface area contributed by atoms with Crippen molar-refractivity contribution in [3.63, 3.8) is 0 Å². The van der Waals surface area contributed by atoms with Crippen molar-refractivity contribution in [2.75, 3.05) is 20.8 Å². The van der Waals surface area contributed by atoms with E-state index in [0.29, 0.717) is 12.0 Å². The van der Waals surface area contributed by atoms with Crippen LogP contribution in [-0.4, -0.2) is 62.5 Å². The van der Waals surface area contributed by atoms with E-state index in [-0.39, 0.29) is 24.5 Å². The van der Waals surface area contributed by atoms with Gasteiger partial charge in [-0.1, -0.05) is 25.8 Å². The number of hydrogen-bond donors (Lipinski definition) is 2. The van der Waals surface area contributed by atoms with Gasteiger partial charge in [0.2, 0.25) is 0 Å². The maximum absolute atomic E-state index is 11.9. The van der Waals surface area contributed by atoms with Crippen LogP contribution in [0.1, 0.15) is 51.0 Å². The third kappa shape index (κ3) is 9.53. The van der Waals surface area contributed by atoms with Crippen LogP contribution in [0.15, 0.2) is 18.2 Å². The Labute approximate surface area is 197 Å². The van der Waals surface area contributed by atoms with Gasteiger partial charge in [-0.05, 0) is 37.5 Å². The van der Waals surface area contributed by atoms with Gasteiger partial charge < -0.3 is 39.3 Å². The van der Waals surface area contributed by atoms with Crippen LogP contribution in [0.25, 0.3) is 0 Å². The van der Waals surface area contributed by atoms with Crippen molar-refractivity contribution in [3.05, 3.63) is 23.8 Å². The normalized spacial score (nSPS) is 13.1. The Morgan fingerprint density at radius 1 is 0.971 bits per heavy atom. The second-order valence-corrected chi connectivity index (χ2v) is 7.26.